The van der Waals surface area contributed by atoms with Crippen molar-refractivity contribution >= 4 is 11.9 Å². The van der Waals surface area contributed by atoms with Crippen molar-refractivity contribution in [3.05, 3.63) is 42.5 Å². The number of esters is 1. The van der Waals surface area contributed by atoms with Gasteiger partial charge in [0.1, 0.15) is 5.75 Å². The Morgan fingerprint density at radius 1 is 1.33 bits per heavy atom. The second kappa shape index (κ2) is 8.09. The normalized spacial score (nSPS) is 12.9. The van der Waals surface area contributed by atoms with Gasteiger partial charge in [-0.1, -0.05) is 18.2 Å². The smallest absolute Gasteiger partial charge is 0.347 e. The predicted octanol–water partition coefficient (Wildman–Crippen LogP) is 2.00. The molecule has 0 spiro atoms. The number of hydrogen-bond acceptors (Lipinski definition) is 4. The summed E-state index contributed by atoms with van der Waals surface area (Å²) in [7, 11) is 0. The molecule has 0 saturated carbocycles. The molecule has 21 heavy (non-hydrogen) atoms. The molecule has 2 atom stereocenters. The Bertz CT molecular complexity index is 513. The number of hydrogen-bond donors (Lipinski definition) is 1. The lowest BCUT2D eigenvalue weighted by molar-refractivity contribution is -0.160. The first kappa shape index (κ1) is 16.8. The molecule has 0 unspecified atom stereocenters. The first-order valence-corrected chi connectivity index (χ1v) is 6.76. The van der Waals surface area contributed by atoms with Crippen LogP contribution in [-0.4, -0.2) is 30.6 Å². The minimum atomic E-state index is -0.874. The van der Waals surface area contributed by atoms with Gasteiger partial charge >= 0.3 is 5.97 Å². The van der Waals surface area contributed by atoms with Crippen LogP contribution in [0, 0.1) is 6.92 Å². The van der Waals surface area contributed by atoms with Gasteiger partial charge in [-0.05, 0) is 38.5 Å². The van der Waals surface area contributed by atoms with Crippen LogP contribution in [0.2, 0.25) is 0 Å². The van der Waals surface area contributed by atoms with E-state index in [0.717, 1.165) is 5.56 Å². The van der Waals surface area contributed by atoms with E-state index in [2.05, 4.69) is 11.9 Å². The molecule has 5 heteroatoms. The Balaban J connectivity index is 2.50. The Morgan fingerprint density at radius 3 is 2.67 bits per heavy atom. The molecule has 5 nitrogen and oxygen atoms in total. The van der Waals surface area contributed by atoms with Crippen molar-refractivity contribution in [3.63, 3.8) is 0 Å². The number of amides is 1. The van der Waals surface area contributed by atoms with Crippen LogP contribution in [-0.2, 0) is 14.3 Å². The quantitative estimate of drug-likeness (QED) is 0.616. The average Bonchev–Trinajstić information content (AvgIpc) is 2.44. The Kier molecular flexibility index (Phi) is 6.46. The third-order valence-electron chi connectivity index (χ3n) is 2.72. The summed E-state index contributed by atoms with van der Waals surface area (Å²) in [4.78, 5) is 23.5. The second-order valence-corrected chi connectivity index (χ2v) is 4.69. The lowest BCUT2D eigenvalue weighted by Crippen LogP contribution is -2.38. The number of nitrogens with one attached hydrogen (secondary N) is 1. The summed E-state index contributed by atoms with van der Waals surface area (Å²) >= 11 is 0. The van der Waals surface area contributed by atoms with Gasteiger partial charge in [0.25, 0.3) is 5.91 Å². The molecule has 1 amide bonds. The van der Waals surface area contributed by atoms with Crippen LogP contribution in [0.5, 0.6) is 5.75 Å². The van der Waals surface area contributed by atoms with E-state index in [9.17, 15) is 9.59 Å². The van der Waals surface area contributed by atoms with Crippen molar-refractivity contribution in [2.45, 2.75) is 33.0 Å². The maximum atomic E-state index is 11.9. The van der Waals surface area contributed by atoms with Gasteiger partial charge in [-0.3, -0.25) is 4.79 Å². The van der Waals surface area contributed by atoms with Crippen molar-refractivity contribution in [1.29, 1.82) is 0 Å². The molecule has 1 rings (SSSR count). The fourth-order valence-corrected chi connectivity index (χ4v) is 1.58. The number of carbonyl (C=O) groups excluding carboxylic acids is 2. The lowest BCUT2D eigenvalue weighted by Gasteiger charge is -2.17. The summed E-state index contributed by atoms with van der Waals surface area (Å²) in [5, 5.41) is 2.56. The van der Waals surface area contributed by atoms with Crippen molar-refractivity contribution in [2.24, 2.45) is 0 Å². The van der Waals surface area contributed by atoms with E-state index in [4.69, 9.17) is 9.47 Å². The molecule has 0 aromatic heterocycles. The maximum Gasteiger partial charge on any atom is 0.347 e. The highest BCUT2D eigenvalue weighted by molar-refractivity contribution is 5.84. The summed E-state index contributed by atoms with van der Waals surface area (Å²) in [6.07, 6.45) is -0.113. The van der Waals surface area contributed by atoms with Gasteiger partial charge in [0.05, 0.1) is 0 Å². The van der Waals surface area contributed by atoms with Crippen molar-refractivity contribution < 1.29 is 19.1 Å². The topological polar surface area (TPSA) is 64.6 Å². The van der Waals surface area contributed by atoms with Crippen molar-refractivity contribution in [1.82, 2.24) is 5.32 Å². The maximum absolute atomic E-state index is 11.9. The first-order chi connectivity index (χ1) is 9.93. The van der Waals surface area contributed by atoms with Gasteiger partial charge in [-0.15, -0.1) is 6.58 Å². The number of carbonyl (C=O) groups is 2. The van der Waals surface area contributed by atoms with Gasteiger partial charge in [-0.25, -0.2) is 4.79 Å². The molecule has 0 radical (unpaired) electrons. The van der Waals surface area contributed by atoms with E-state index in [1.807, 2.05) is 25.1 Å². The van der Waals surface area contributed by atoms with Gasteiger partial charge in [0.15, 0.2) is 12.2 Å². The van der Waals surface area contributed by atoms with Gasteiger partial charge in [0, 0.05) is 6.54 Å². The van der Waals surface area contributed by atoms with E-state index in [-0.39, 0.29) is 5.91 Å². The van der Waals surface area contributed by atoms with Crippen LogP contribution in [0.4, 0.5) is 0 Å². The molecule has 0 saturated heterocycles. The summed E-state index contributed by atoms with van der Waals surface area (Å²) < 4.78 is 10.6. The van der Waals surface area contributed by atoms with E-state index in [0.29, 0.717) is 12.3 Å². The number of ether oxygens (including phenoxy) is 2. The van der Waals surface area contributed by atoms with Crippen LogP contribution >= 0.6 is 0 Å². The minimum absolute atomic E-state index is 0.329. The molecule has 0 bridgehead atoms. The molecule has 114 valence electrons. The van der Waals surface area contributed by atoms with Crippen LogP contribution in [0.3, 0.4) is 0 Å². The predicted molar refractivity (Wildman–Crippen MR) is 80.0 cm³/mol. The van der Waals surface area contributed by atoms with Crippen molar-refractivity contribution in [3.8, 4) is 5.75 Å². The number of rotatable bonds is 7. The summed E-state index contributed by atoms with van der Waals surface area (Å²) in [6.45, 7) is 8.85. The van der Waals surface area contributed by atoms with Crippen LogP contribution in [0.1, 0.15) is 19.4 Å². The minimum Gasteiger partial charge on any atom is -0.479 e. The number of aryl methyl sites for hydroxylation is 1. The third kappa shape index (κ3) is 5.69. The molecule has 1 aromatic carbocycles. The Hall–Kier alpha value is -2.30. The van der Waals surface area contributed by atoms with E-state index < -0.39 is 18.2 Å². The highest BCUT2D eigenvalue weighted by Gasteiger charge is 2.22. The molecule has 0 fully saturated rings. The molecule has 0 aliphatic heterocycles. The summed E-state index contributed by atoms with van der Waals surface area (Å²) in [5.74, 6) is -0.369. The lowest BCUT2D eigenvalue weighted by atomic mass is 10.2. The monoisotopic (exact) mass is 291 g/mol. The highest BCUT2D eigenvalue weighted by Crippen LogP contribution is 2.14. The van der Waals surface area contributed by atoms with E-state index >= 15 is 0 Å². The Labute approximate surface area is 124 Å². The summed E-state index contributed by atoms with van der Waals surface area (Å²) in [6, 6.07) is 7.36. The zero-order chi connectivity index (χ0) is 15.8. The second-order valence-electron chi connectivity index (χ2n) is 4.69. The highest BCUT2D eigenvalue weighted by atomic mass is 16.6. The molecule has 1 aromatic rings. The Morgan fingerprint density at radius 2 is 2.05 bits per heavy atom. The molecule has 1 N–H and O–H groups in total. The first-order valence-electron chi connectivity index (χ1n) is 6.76. The SMILES string of the molecule is C=CCNC(=O)[C@@H](C)OC(=O)[C@@H](C)Oc1cccc(C)c1. The van der Waals surface area contributed by atoms with Crippen LogP contribution in [0.15, 0.2) is 36.9 Å². The van der Waals surface area contributed by atoms with Gasteiger partial charge in [0.2, 0.25) is 0 Å². The van der Waals surface area contributed by atoms with E-state index in [1.165, 1.54) is 6.92 Å². The molecular weight excluding hydrogens is 270 g/mol. The van der Waals surface area contributed by atoms with Crippen LogP contribution in [0.25, 0.3) is 0 Å². The summed E-state index contributed by atoms with van der Waals surface area (Å²) in [5.41, 5.74) is 1.03. The molecule has 0 heterocycles. The zero-order valence-corrected chi connectivity index (χ0v) is 12.6. The standard InChI is InChI=1S/C16H21NO4/c1-5-9-17-15(18)12(3)21-16(19)13(4)20-14-8-6-7-11(2)10-14/h5-8,10,12-13H,1,9H2,2-4H3,(H,17,18)/t12-,13-/m1/s1. The van der Waals surface area contributed by atoms with Gasteiger partial charge < -0.3 is 14.8 Å². The molecule has 0 aliphatic rings. The molecular formula is C16H21NO4. The average molecular weight is 291 g/mol. The van der Waals surface area contributed by atoms with E-state index in [1.54, 1.807) is 19.1 Å². The fraction of sp³-hybridized carbons (Fsp3) is 0.375. The number of benzene rings is 1. The third-order valence-corrected chi connectivity index (χ3v) is 2.72. The largest absolute Gasteiger partial charge is 0.479 e. The fourth-order valence-electron chi connectivity index (χ4n) is 1.58. The van der Waals surface area contributed by atoms with Gasteiger partial charge in [-0.2, -0.15) is 0 Å². The zero-order valence-electron chi connectivity index (χ0n) is 12.6. The van der Waals surface area contributed by atoms with Crippen LogP contribution < -0.4 is 10.1 Å². The van der Waals surface area contributed by atoms with Crippen molar-refractivity contribution in [2.75, 3.05) is 6.54 Å². The molecule has 0 aliphatic carbocycles.